The van der Waals surface area contributed by atoms with Gasteiger partial charge < -0.3 is 9.47 Å². The third-order valence-corrected chi connectivity index (χ3v) is 4.35. The van der Waals surface area contributed by atoms with Gasteiger partial charge in [0.15, 0.2) is 15.8 Å². The molecule has 1 amide bonds. The summed E-state index contributed by atoms with van der Waals surface area (Å²) < 4.78 is 11.5. The lowest BCUT2D eigenvalue weighted by atomic mass is 10.2. The van der Waals surface area contributed by atoms with Crippen molar-refractivity contribution >= 4 is 52.0 Å². The zero-order chi connectivity index (χ0) is 16.8. The standard InChI is InChI=1S/C15H15ClN2O3S2/c1-3-5-21-14-11(16)6-10(7-12(14)20-4-2)8-17-18-13(19)9-23-15(18)22/h3,6-8H,1,4-5,9H2,2H3/b17-8+. The molecule has 23 heavy (non-hydrogen) atoms. The van der Waals surface area contributed by atoms with Crippen LogP contribution in [-0.2, 0) is 4.79 Å². The maximum atomic E-state index is 11.6. The van der Waals surface area contributed by atoms with Crippen LogP contribution in [0.2, 0.25) is 5.02 Å². The fourth-order valence-electron chi connectivity index (χ4n) is 1.79. The largest absolute Gasteiger partial charge is 0.490 e. The van der Waals surface area contributed by atoms with Crippen LogP contribution < -0.4 is 9.47 Å². The van der Waals surface area contributed by atoms with Crippen LogP contribution >= 0.6 is 35.6 Å². The summed E-state index contributed by atoms with van der Waals surface area (Å²) in [5.41, 5.74) is 0.678. The molecule has 1 saturated heterocycles. The quantitative estimate of drug-likeness (QED) is 0.417. The first-order valence-corrected chi connectivity index (χ1v) is 8.57. The van der Waals surface area contributed by atoms with E-state index in [2.05, 4.69) is 11.7 Å². The summed E-state index contributed by atoms with van der Waals surface area (Å²) >= 11 is 12.6. The number of halogens is 1. The SMILES string of the molecule is C=CCOc1c(Cl)cc(/C=N/N2C(=O)CSC2=S)cc1OCC. The van der Waals surface area contributed by atoms with Crippen LogP contribution in [0.1, 0.15) is 12.5 Å². The molecule has 0 aromatic heterocycles. The summed E-state index contributed by atoms with van der Waals surface area (Å²) in [6, 6.07) is 3.43. The van der Waals surface area contributed by atoms with Gasteiger partial charge in [-0.2, -0.15) is 10.1 Å². The normalized spacial score (nSPS) is 14.6. The van der Waals surface area contributed by atoms with Gasteiger partial charge in [-0.05, 0) is 24.6 Å². The highest BCUT2D eigenvalue weighted by Gasteiger charge is 2.26. The van der Waals surface area contributed by atoms with Gasteiger partial charge in [-0.15, -0.1) is 0 Å². The van der Waals surface area contributed by atoms with Crippen LogP contribution in [0, 0.1) is 0 Å². The number of benzene rings is 1. The summed E-state index contributed by atoms with van der Waals surface area (Å²) in [7, 11) is 0. The molecule has 1 aromatic carbocycles. The molecule has 5 nitrogen and oxygen atoms in total. The molecule has 0 aliphatic carbocycles. The summed E-state index contributed by atoms with van der Waals surface area (Å²) in [6.07, 6.45) is 3.14. The molecule has 1 aliphatic rings. The predicted octanol–water partition coefficient (Wildman–Crippen LogP) is 3.50. The zero-order valence-corrected chi connectivity index (χ0v) is 14.8. The van der Waals surface area contributed by atoms with Gasteiger partial charge >= 0.3 is 0 Å². The monoisotopic (exact) mass is 370 g/mol. The third kappa shape index (κ3) is 4.46. The van der Waals surface area contributed by atoms with Crippen molar-refractivity contribution in [1.29, 1.82) is 0 Å². The van der Waals surface area contributed by atoms with Gasteiger partial charge in [-0.1, -0.05) is 48.2 Å². The number of ether oxygens (including phenoxy) is 2. The molecule has 2 rings (SSSR count). The fraction of sp³-hybridized carbons (Fsp3) is 0.267. The number of amides is 1. The van der Waals surface area contributed by atoms with Crippen molar-refractivity contribution in [2.45, 2.75) is 6.92 Å². The molecule has 0 atom stereocenters. The Balaban J connectivity index is 2.27. The van der Waals surface area contributed by atoms with E-state index in [4.69, 9.17) is 33.3 Å². The second-order valence-electron chi connectivity index (χ2n) is 4.37. The summed E-state index contributed by atoms with van der Waals surface area (Å²) in [6.45, 7) is 6.26. The first-order chi connectivity index (χ1) is 11.1. The van der Waals surface area contributed by atoms with Crippen LogP contribution in [0.25, 0.3) is 0 Å². The molecular weight excluding hydrogens is 356 g/mol. The Morgan fingerprint density at radius 1 is 1.52 bits per heavy atom. The van der Waals surface area contributed by atoms with Gasteiger partial charge in [-0.25, -0.2) is 0 Å². The van der Waals surface area contributed by atoms with E-state index in [0.29, 0.717) is 45.4 Å². The molecule has 1 aromatic rings. The number of hydrogen-bond donors (Lipinski definition) is 0. The van der Waals surface area contributed by atoms with Crippen molar-refractivity contribution in [3.8, 4) is 11.5 Å². The first-order valence-electron chi connectivity index (χ1n) is 6.80. The van der Waals surface area contributed by atoms with E-state index in [9.17, 15) is 4.79 Å². The average molecular weight is 371 g/mol. The van der Waals surface area contributed by atoms with Gasteiger partial charge in [0.2, 0.25) is 0 Å². The number of nitrogens with zero attached hydrogens (tertiary/aromatic N) is 2. The van der Waals surface area contributed by atoms with Crippen LogP contribution in [0.4, 0.5) is 0 Å². The van der Waals surface area contributed by atoms with Crippen LogP contribution in [-0.4, -0.2) is 40.4 Å². The lowest BCUT2D eigenvalue weighted by molar-refractivity contribution is -0.123. The number of thiocarbonyl (C=S) groups is 1. The highest BCUT2D eigenvalue weighted by Crippen LogP contribution is 2.36. The highest BCUT2D eigenvalue weighted by atomic mass is 35.5. The van der Waals surface area contributed by atoms with Crippen LogP contribution in [0.3, 0.4) is 0 Å². The Labute approximate surface area is 149 Å². The van der Waals surface area contributed by atoms with Gasteiger partial charge in [0.05, 0.1) is 23.6 Å². The molecule has 0 radical (unpaired) electrons. The maximum absolute atomic E-state index is 11.6. The summed E-state index contributed by atoms with van der Waals surface area (Å²) in [4.78, 5) is 11.6. The Hall–Kier alpha value is -1.57. The number of hydrazone groups is 1. The van der Waals surface area contributed by atoms with E-state index in [-0.39, 0.29) is 5.91 Å². The van der Waals surface area contributed by atoms with E-state index >= 15 is 0 Å². The topological polar surface area (TPSA) is 51.1 Å². The maximum Gasteiger partial charge on any atom is 0.259 e. The molecule has 1 heterocycles. The summed E-state index contributed by atoms with van der Waals surface area (Å²) in [5.74, 6) is 1.13. The van der Waals surface area contributed by atoms with Crippen molar-refractivity contribution in [2.24, 2.45) is 5.10 Å². The van der Waals surface area contributed by atoms with Crippen LogP contribution in [0.15, 0.2) is 29.9 Å². The second-order valence-corrected chi connectivity index (χ2v) is 6.38. The molecular formula is C15H15ClN2O3S2. The van der Waals surface area contributed by atoms with Crippen molar-refractivity contribution in [2.75, 3.05) is 19.0 Å². The number of rotatable bonds is 7. The molecule has 0 saturated carbocycles. The average Bonchev–Trinajstić information content (AvgIpc) is 2.83. The van der Waals surface area contributed by atoms with E-state index < -0.39 is 0 Å². The molecule has 8 heteroatoms. The lowest BCUT2D eigenvalue weighted by Gasteiger charge is -2.13. The minimum absolute atomic E-state index is 0.140. The van der Waals surface area contributed by atoms with Crippen molar-refractivity contribution in [3.05, 3.63) is 35.4 Å². The van der Waals surface area contributed by atoms with Gasteiger partial charge in [-0.3, -0.25) is 4.79 Å². The fourth-order valence-corrected chi connectivity index (χ4v) is 3.03. The minimum atomic E-state index is -0.140. The second kappa shape index (κ2) is 8.33. The minimum Gasteiger partial charge on any atom is -0.490 e. The van der Waals surface area contributed by atoms with Gasteiger partial charge in [0.1, 0.15) is 6.61 Å². The Morgan fingerprint density at radius 3 is 2.91 bits per heavy atom. The molecule has 0 spiro atoms. The Bertz CT molecular complexity index is 648. The van der Waals surface area contributed by atoms with E-state index in [1.807, 2.05) is 6.92 Å². The first kappa shape index (κ1) is 17.8. The van der Waals surface area contributed by atoms with E-state index in [1.54, 1.807) is 18.2 Å². The molecule has 0 N–H and O–H groups in total. The zero-order valence-electron chi connectivity index (χ0n) is 12.5. The van der Waals surface area contributed by atoms with Crippen molar-refractivity contribution in [1.82, 2.24) is 5.01 Å². The number of carbonyl (C=O) groups is 1. The lowest BCUT2D eigenvalue weighted by Crippen LogP contribution is -2.22. The molecule has 0 bridgehead atoms. The van der Waals surface area contributed by atoms with Crippen molar-refractivity contribution in [3.63, 3.8) is 0 Å². The molecule has 1 fully saturated rings. The van der Waals surface area contributed by atoms with E-state index in [1.165, 1.54) is 23.0 Å². The molecule has 0 unspecified atom stereocenters. The predicted molar refractivity (Wildman–Crippen MR) is 97.8 cm³/mol. The number of hydrogen-bond acceptors (Lipinski definition) is 6. The number of thioether (sulfide) groups is 1. The van der Waals surface area contributed by atoms with Gasteiger partial charge in [0, 0.05) is 0 Å². The smallest absolute Gasteiger partial charge is 0.259 e. The molecule has 122 valence electrons. The Kier molecular flexibility index (Phi) is 6.44. The Morgan fingerprint density at radius 2 is 2.30 bits per heavy atom. The molecule has 1 aliphatic heterocycles. The third-order valence-electron chi connectivity index (χ3n) is 2.73. The highest BCUT2D eigenvalue weighted by molar-refractivity contribution is 8.23. The van der Waals surface area contributed by atoms with E-state index in [0.717, 1.165) is 0 Å². The van der Waals surface area contributed by atoms with Crippen molar-refractivity contribution < 1.29 is 14.3 Å². The number of carbonyl (C=O) groups excluding carboxylic acids is 1. The van der Waals surface area contributed by atoms with Crippen LogP contribution in [0.5, 0.6) is 11.5 Å². The van der Waals surface area contributed by atoms with Gasteiger partial charge in [0.25, 0.3) is 5.91 Å². The summed E-state index contributed by atoms with van der Waals surface area (Å²) in [5, 5.41) is 5.71.